The zero-order valence-corrected chi connectivity index (χ0v) is 21.8. The van der Waals surface area contributed by atoms with E-state index in [1.807, 2.05) is 6.07 Å². The summed E-state index contributed by atoms with van der Waals surface area (Å²) in [5, 5.41) is 8.38. The van der Waals surface area contributed by atoms with Crippen LogP contribution < -0.4 is 25.4 Å². The van der Waals surface area contributed by atoms with E-state index in [0.717, 1.165) is 11.6 Å². The highest BCUT2D eigenvalue weighted by molar-refractivity contribution is 6.31. The number of hydrogen-bond donors (Lipinski definition) is 3. The van der Waals surface area contributed by atoms with Crippen LogP contribution in [0.2, 0.25) is 5.02 Å². The minimum absolute atomic E-state index is 0.00435. The zero-order chi connectivity index (χ0) is 27.7. The first-order chi connectivity index (χ1) is 18.7. The monoisotopic (exact) mass is 558 g/mol. The predicted molar refractivity (Wildman–Crippen MR) is 139 cm³/mol. The van der Waals surface area contributed by atoms with E-state index >= 15 is 4.39 Å². The molecule has 2 aliphatic rings. The summed E-state index contributed by atoms with van der Waals surface area (Å²) in [4.78, 5) is 35.2. The van der Waals surface area contributed by atoms with E-state index in [-0.39, 0.29) is 52.1 Å². The van der Waals surface area contributed by atoms with Gasteiger partial charge in [-0.25, -0.2) is 13.8 Å². The quantitative estimate of drug-likeness (QED) is 0.400. The summed E-state index contributed by atoms with van der Waals surface area (Å²) in [6.07, 6.45) is 0.406. The molecule has 3 aromatic rings. The van der Waals surface area contributed by atoms with Crippen LogP contribution in [-0.4, -0.2) is 66.1 Å². The number of ether oxygens (including phenoxy) is 2. The van der Waals surface area contributed by atoms with Crippen molar-refractivity contribution in [3.05, 3.63) is 64.1 Å². The van der Waals surface area contributed by atoms with E-state index in [9.17, 15) is 14.0 Å². The molecule has 0 aliphatic carbocycles. The number of piperidine rings is 1. The van der Waals surface area contributed by atoms with Crippen LogP contribution in [0.4, 0.5) is 20.4 Å². The van der Waals surface area contributed by atoms with Gasteiger partial charge in [0.05, 0.1) is 36.2 Å². The van der Waals surface area contributed by atoms with Gasteiger partial charge in [-0.15, -0.1) is 0 Å². The normalized spacial score (nSPS) is 18.5. The van der Waals surface area contributed by atoms with Gasteiger partial charge < -0.3 is 30.3 Å². The van der Waals surface area contributed by atoms with Gasteiger partial charge in [-0.2, -0.15) is 4.98 Å². The number of carbonyl (C=O) groups excluding carboxylic acids is 2. The molecule has 2 aromatic carbocycles. The van der Waals surface area contributed by atoms with Crippen molar-refractivity contribution in [3.8, 4) is 17.4 Å². The van der Waals surface area contributed by atoms with Gasteiger partial charge in [-0.05, 0) is 30.7 Å². The molecule has 0 spiro atoms. The number of methoxy groups -OCH3 is 1. The fraction of sp³-hybridized carbons (Fsp3) is 0.308. The number of anilines is 2. The van der Waals surface area contributed by atoms with Gasteiger partial charge in [0.1, 0.15) is 28.5 Å². The van der Waals surface area contributed by atoms with Crippen LogP contribution in [0.15, 0.2) is 36.5 Å². The summed E-state index contributed by atoms with van der Waals surface area (Å²) in [6.45, 7) is 1.13. The molecule has 2 aliphatic heterocycles. The van der Waals surface area contributed by atoms with Crippen molar-refractivity contribution in [1.82, 2.24) is 25.5 Å². The molecule has 0 bridgehead atoms. The van der Waals surface area contributed by atoms with Crippen LogP contribution in [0.5, 0.6) is 17.4 Å². The number of alkyl halides is 1. The molecule has 10 nitrogen and oxygen atoms in total. The predicted octanol–water partition coefficient (Wildman–Crippen LogP) is 3.83. The van der Waals surface area contributed by atoms with Crippen molar-refractivity contribution in [2.45, 2.75) is 25.2 Å². The molecule has 1 fully saturated rings. The second-order valence-electron chi connectivity index (χ2n) is 9.15. The van der Waals surface area contributed by atoms with E-state index in [0.29, 0.717) is 25.1 Å². The molecule has 13 heteroatoms. The molecular formula is C26H25ClF2N6O4. The maximum atomic E-state index is 15.0. The van der Waals surface area contributed by atoms with Gasteiger partial charge >= 0.3 is 0 Å². The number of nitrogens with zero attached hydrogens (tertiary/aromatic N) is 3. The standard InChI is InChI=1S/C26H25ClF2N6O4/c1-35-12-13-4-3-5-20(22(13)25(35)37)39-24-15(27)10-31-26(34-24)33-19-9-16(28)14(8-21(19)38-2)23(36)32-18-6-7-30-11-17(18)29/h3-5,8-10,17-18,30H,6-7,11-12H2,1-2H3,(H,32,36)(H,31,33,34)/t17-,18+/m0/s1. The van der Waals surface area contributed by atoms with E-state index in [1.165, 1.54) is 19.4 Å². The topological polar surface area (TPSA) is 118 Å². The molecule has 3 heterocycles. The van der Waals surface area contributed by atoms with E-state index in [2.05, 4.69) is 25.9 Å². The maximum Gasteiger partial charge on any atom is 0.258 e. The average Bonchev–Trinajstić information content (AvgIpc) is 3.21. The third kappa shape index (κ3) is 5.43. The van der Waals surface area contributed by atoms with Crippen LogP contribution in [-0.2, 0) is 6.54 Å². The Bertz CT molecular complexity index is 1440. The SMILES string of the molecule is COc1cc(C(=O)N[C@@H]2CCNC[C@@H]2F)c(F)cc1Nc1ncc(Cl)c(Oc2cccc3c2C(=O)N(C)C3)n1. The number of benzene rings is 2. The lowest BCUT2D eigenvalue weighted by Crippen LogP contribution is -2.51. The van der Waals surface area contributed by atoms with Crippen LogP contribution in [0, 0.1) is 5.82 Å². The summed E-state index contributed by atoms with van der Waals surface area (Å²) < 4.78 is 40.4. The zero-order valence-electron chi connectivity index (χ0n) is 21.1. The average molecular weight is 559 g/mol. The number of rotatable bonds is 7. The van der Waals surface area contributed by atoms with Crippen LogP contribution in [0.3, 0.4) is 0 Å². The van der Waals surface area contributed by atoms with Crippen molar-refractivity contribution < 1.29 is 27.8 Å². The summed E-state index contributed by atoms with van der Waals surface area (Å²) in [5.41, 5.74) is 1.07. The number of hydrogen-bond acceptors (Lipinski definition) is 8. The number of nitrogens with one attached hydrogen (secondary N) is 3. The van der Waals surface area contributed by atoms with Gasteiger partial charge in [-0.3, -0.25) is 9.59 Å². The molecule has 1 aromatic heterocycles. The minimum Gasteiger partial charge on any atom is -0.495 e. The molecule has 39 heavy (non-hydrogen) atoms. The summed E-state index contributed by atoms with van der Waals surface area (Å²) in [5.74, 6) is -1.40. The Morgan fingerprint density at radius 3 is 2.87 bits per heavy atom. The van der Waals surface area contributed by atoms with Crippen molar-refractivity contribution in [2.75, 3.05) is 32.6 Å². The van der Waals surface area contributed by atoms with E-state index < -0.39 is 23.9 Å². The van der Waals surface area contributed by atoms with Gasteiger partial charge in [0.15, 0.2) is 0 Å². The minimum atomic E-state index is -1.27. The fourth-order valence-corrected chi connectivity index (χ4v) is 4.62. The van der Waals surface area contributed by atoms with Gasteiger partial charge in [0, 0.05) is 26.2 Å². The number of fused-ring (bicyclic) bond motifs is 1. The molecular weight excluding hydrogens is 534 g/mol. The first-order valence-electron chi connectivity index (χ1n) is 12.1. The van der Waals surface area contributed by atoms with E-state index in [4.69, 9.17) is 21.1 Å². The number of carbonyl (C=O) groups is 2. The second-order valence-corrected chi connectivity index (χ2v) is 9.55. The van der Waals surface area contributed by atoms with Gasteiger partial charge in [0.25, 0.3) is 11.8 Å². The third-order valence-electron chi connectivity index (χ3n) is 6.50. The van der Waals surface area contributed by atoms with E-state index in [1.54, 1.807) is 24.1 Å². The first-order valence-corrected chi connectivity index (χ1v) is 12.5. The summed E-state index contributed by atoms with van der Waals surface area (Å²) in [7, 11) is 3.05. The smallest absolute Gasteiger partial charge is 0.258 e. The van der Waals surface area contributed by atoms with Crippen LogP contribution >= 0.6 is 11.6 Å². The lowest BCUT2D eigenvalue weighted by atomic mass is 10.0. The van der Waals surface area contributed by atoms with Crippen molar-refractivity contribution in [3.63, 3.8) is 0 Å². The number of aromatic nitrogens is 2. The maximum absolute atomic E-state index is 15.0. The van der Waals surface area contributed by atoms with Gasteiger partial charge in [0.2, 0.25) is 11.8 Å². The second kappa shape index (κ2) is 11.0. The largest absolute Gasteiger partial charge is 0.495 e. The molecule has 1 saturated heterocycles. The number of halogens is 3. The van der Waals surface area contributed by atoms with Crippen molar-refractivity contribution in [1.29, 1.82) is 0 Å². The first kappa shape index (κ1) is 26.6. The highest BCUT2D eigenvalue weighted by Crippen LogP contribution is 2.36. The Kier molecular flexibility index (Phi) is 7.49. The summed E-state index contributed by atoms with van der Waals surface area (Å²) in [6, 6.07) is 6.79. The Hall–Kier alpha value is -4.03. The molecule has 204 valence electrons. The molecule has 2 amide bonds. The lowest BCUT2D eigenvalue weighted by Gasteiger charge is -2.27. The molecule has 0 saturated carbocycles. The van der Waals surface area contributed by atoms with Crippen LogP contribution in [0.1, 0.15) is 32.7 Å². The lowest BCUT2D eigenvalue weighted by molar-refractivity contribution is 0.0814. The molecule has 0 radical (unpaired) electrons. The Morgan fingerprint density at radius 2 is 2.10 bits per heavy atom. The number of amides is 2. The Balaban J connectivity index is 1.37. The Morgan fingerprint density at radius 1 is 1.28 bits per heavy atom. The van der Waals surface area contributed by atoms with Gasteiger partial charge in [-0.1, -0.05) is 23.7 Å². The summed E-state index contributed by atoms with van der Waals surface area (Å²) >= 11 is 6.26. The molecule has 3 N–H and O–H groups in total. The molecule has 5 rings (SSSR count). The van der Waals surface area contributed by atoms with Crippen molar-refractivity contribution >= 4 is 35.1 Å². The molecule has 0 unspecified atom stereocenters. The molecule has 2 atom stereocenters. The fourth-order valence-electron chi connectivity index (χ4n) is 4.49. The highest BCUT2D eigenvalue weighted by atomic mass is 35.5. The van der Waals surface area contributed by atoms with Crippen LogP contribution in [0.25, 0.3) is 0 Å². The Labute approximate surface area is 227 Å². The van der Waals surface area contributed by atoms with Crippen molar-refractivity contribution in [2.24, 2.45) is 0 Å². The third-order valence-corrected chi connectivity index (χ3v) is 6.76. The highest BCUT2D eigenvalue weighted by Gasteiger charge is 2.30.